The van der Waals surface area contributed by atoms with Gasteiger partial charge in [0.25, 0.3) is 0 Å². The van der Waals surface area contributed by atoms with Crippen LogP contribution in [0.25, 0.3) is 0 Å². The highest BCUT2D eigenvalue weighted by Gasteiger charge is 1.79. The average molecular weight is 149 g/mol. The highest BCUT2D eigenvalue weighted by atomic mass is 32.1. The summed E-state index contributed by atoms with van der Waals surface area (Å²) in [6.45, 7) is 0. The van der Waals surface area contributed by atoms with Crippen LogP contribution in [0.3, 0.4) is 0 Å². The second-order valence-corrected chi connectivity index (χ2v) is 2.01. The normalized spacial score (nSPS) is 8.10. The van der Waals surface area contributed by atoms with E-state index in [4.69, 9.17) is 0 Å². The van der Waals surface area contributed by atoms with Crippen molar-refractivity contribution in [2.24, 2.45) is 0 Å². The third-order valence-corrected chi connectivity index (χ3v) is 1.15. The third-order valence-electron chi connectivity index (χ3n) is 0.992. The molecule has 0 aromatic carbocycles. The van der Waals surface area contributed by atoms with Crippen molar-refractivity contribution < 1.29 is 0 Å². The summed E-state index contributed by atoms with van der Waals surface area (Å²) in [6.07, 6.45) is 3.45. The smallest absolute Gasteiger partial charge is 0.0521 e. The van der Waals surface area contributed by atoms with Crippen LogP contribution in [0.4, 0.5) is 0 Å². The highest BCUT2D eigenvalue weighted by Crippen LogP contribution is 1.91. The first kappa shape index (κ1) is 7.17. The zero-order chi connectivity index (χ0) is 7.23. The van der Waals surface area contributed by atoms with E-state index in [1.54, 1.807) is 12.4 Å². The molecule has 0 atom stereocenters. The van der Waals surface area contributed by atoms with Gasteiger partial charge in [-0.3, -0.25) is 4.98 Å². The maximum Gasteiger partial charge on any atom is 0.0521 e. The number of aromatic nitrogens is 1. The van der Waals surface area contributed by atoms with E-state index >= 15 is 0 Å². The number of hydrogen-bond donors (Lipinski definition) is 1. The molecule has 0 spiro atoms. The molecule has 0 N–H and O–H groups in total. The first-order valence-corrected chi connectivity index (χ1v) is 3.56. The van der Waals surface area contributed by atoms with Gasteiger partial charge in [0, 0.05) is 18.0 Å². The molecule has 1 heterocycles. The molecule has 0 aliphatic heterocycles. The minimum Gasteiger partial charge on any atom is -0.265 e. The van der Waals surface area contributed by atoms with Gasteiger partial charge < -0.3 is 0 Å². The van der Waals surface area contributed by atoms with Gasteiger partial charge in [0.2, 0.25) is 0 Å². The van der Waals surface area contributed by atoms with Gasteiger partial charge in [0.1, 0.15) is 0 Å². The summed E-state index contributed by atoms with van der Waals surface area (Å²) in [7, 11) is 0. The van der Waals surface area contributed by atoms with Crippen LogP contribution in [0.2, 0.25) is 0 Å². The quantitative estimate of drug-likeness (QED) is 0.434. The van der Waals surface area contributed by atoms with Crippen molar-refractivity contribution in [1.29, 1.82) is 0 Å². The van der Waals surface area contributed by atoms with Gasteiger partial charge >= 0.3 is 0 Å². The van der Waals surface area contributed by atoms with Crippen molar-refractivity contribution in [3.63, 3.8) is 0 Å². The Morgan fingerprint density at radius 1 is 1.40 bits per heavy atom. The third kappa shape index (κ3) is 2.12. The average Bonchev–Trinajstić information content (AvgIpc) is 2.03. The van der Waals surface area contributed by atoms with Crippen molar-refractivity contribution in [3.05, 3.63) is 30.1 Å². The van der Waals surface area contributed by atoms with E-state index in [0.29, 0.717) is 5.75 Å². The van der Waals surface area contributed by atoms with Crippen molar-refractivity contribution in [2.45, 2.75) is 0 Å². The molecule has 0 saturated carbocycles. The van der Waals surface area contributed by atoms with Crippen LogP contribution < -0.4 is 0 Å². The molecule has 0 saturated heterocycles. The minimum absolute atomic E-state index is 0.600. The van der Waals surface area contributed by atoms with Gasteiger partial charge in [-0.1, -0.05) is 11.8 Å². The van der Waals surface area contributed by atoms with E-state index in [1.807, 2.05) is 12.1 Å². The Hall–Kier alpha value is -0.940. The van der Waals surface area contributed by atoms with Crippen LogP contribution in [-0.2, 0) is 0 Å². The number of thiol groups is 1. The summed E-state index contributed by atoms with van der Waals surface area (Å²) in [5.41, 5.74) is 0.990. The summed E-state index contributed by atoms with van der Waals surface area (Å²) in [4.78, 5) is 3.87. The Kier molecular flexibility index (Phi) is 2.85. The molecule has 0 aliphatic carbocycles. The predicted octanol–water partition coefficient (Wildman–Crippen LogP) is 1.36. The van der Waals surface area contributed by atoms with E-state index in [0.717, 1.165) is 5.56 Å². The molecular formula is C8H7NS. The summed E-state index contributed by atoms with van der Waals surface area (Å²) < 4.78 is 0. The number of nitrogens with zero attached hydrogens (tertiary/aromatic N) is 1. The predicted molar refractivity (Wildman–Crippen MR) is 45.0 cm³/mol. The summed E-state index contributed by atoms with van der Waals surface area (Å²) in [6, 6.07) is 3.74. The maximum absolute atomic E-state index is 3.96. The van der Waals surface area contributed by atoms with Crippen molar-refractivity contribution in [1.82, 2.24) is 4.98 Å². The molecule has 1 rings (SSSR count). The van der Waals surface area contributed by atoms with Gasteiger partial charge in [-0.15, -0.1) is 0 Å². The lowest BCUT2D eigenvalue weighted by Crippen LogP contribution is -1.73. The van der Waals surface area contributed by atoms with E-state index in [9.17, 15) is 0 Å². The number of pyridine rings is 1. The maximum atomic E-state index is 3.96. The molecule has 0 bridgehead atoms. The Balaban J connectivity index is 2.76. The molecule has 0 unspecified atom stereocenters. The largest absolute Gasteiger partial charge is 0.265 e. The summed E-state index contributed by atoms with van der Waals surface area (Å²) in [5, 5.41) is 0. The molecule has 50 valence electrons. The fourth-order valence-corrected chi connectivity index (χ4v) is 0.656. The Labute approximate surface area is 65.9 Å². The second-order valence-electron chi connectivity index (χ2n) is 1.70. The molecular weight excluding hydrogens is 142 g/mol. The standard InChI is InChI=1S/C8H7NS/c10-7-1-2-8-3-5-9-6-4-8/h3-6,10H,7H2. The lowest BCUT2D eigenvalue weighted by molar-refractivity contribution is 1.32. The Morgan fingerprint density at radius 3 is 2.70 bits per heavy atom. The van der Waals surface area contributed by atoms with E-state index < -0.39 is 0 Å². The molecule has 0 radical (unpaired) electrons. The molecule has 1 aromatic rings. The van der Waals surface area contributed by atoms with Crippen LogP contribution in [0.1, 0.15) is 5.56 Å². The van der Waals surface area contributed by atoms with Gasteiger partial charge in [0.15, 0.2) is 0 Å². The van der Waals surface area contributed by atoms with Crippen molar-refractivity contribution in [2.75, 3.05) is 5.75 Å². The minimum atomic E-state index is 0.600. The Bertz CT molecular complexity index is 245. The fourth-order valence-electron chi connectivity index (χ4n) is 0.577. The first-order chi connectivity index (χ1) is 4.93. The molecule has 0 amide bonds. The van der Waals surface area contributed by atoms with E-state index in [2.05, 4.69) is 29.5 Å². The molecule has 1 aromatic heterocycles. The van der Waals surface area contributed by atoms with Crippen LogP contribution in [0.15, 0.2) is 24.5 Å². The fraction of sp³-hybridized carbons (Fsp3) is 0.125. The van der Waals surface area contributed by atoms with Crippen LogP contribution in [0, 0.1) is 11.8 Å². The zero-order valence-electron chi connectivity index (χ0n) is 5.41. The van der Waals surface area contributed by atoms with Gasteiger partial charge in [-0.25, -0.2) is 0 Å². The SMILES string of the molecule is SCC#Cc1ccncc1. The molecule has 10 heavy (non-hydrogen) atoms. The molecule has 2 heteroatoms. The van der Waals surface area contributed by atoms with Crippen LogP contribution in [-0.4, -0.2) is 10.7 Å². The van der Waals surface area contributed by atoms with Crippen molar-refractivity contribution >= 4 is 12.6 Å². The van der Waals surface area contributed by atoms with Gasteiger partial charge in [-0.05, 0) is 12.1 Å². The second kappa shape index (κ2) is 3.97. The highest BCUT2D eigenvalue weighted by molar-refractivity contribution is 7.80. The topological polar surface area (TPSA) is 12.9 Å². The van der Waals surface area contributed by atoms with E-state index in [-0.39, 0.29) is 0 Å². The monoisotopic (exact) mass is 149 g/mol. The van der Waals surface area contributed by atoms with E-state index in [1.165, 1.54) is 0 Å². The van der Waals surface area contributed by atoms with Crippen LogP contribution in [0.5, 0.6) is 0 Å². The number of hydrogen-bond acceptors (Lipinski definition) is 2. The Morgan fingerprint density at radius 2 is 2.10 bits per heavy atom. The van der Waals surface area contributed by atoms with Crippen molar-refractivity contribution in [3.8, 4) is 11.8 Å². The lowest BCUT2D eigenvalue weighted by Gasteiger charge is -1.83. The zero-order valence-corrected chi connectivity index (χ0v) is 6.31. The molecule has 0 fully saturated rings. The van der Waals surface area contributed by atoms with Gasteiger partial charge in [0.05, 0.1) is 5.75 Å². The van der Waals surface area contributed by atoms with Gasteiger partial charge in [-0.2, -0.15) is 12.6 Å². The number of rotatable bonds is 0. The summed E-state index contributed by atoms with van der Waals surface area (Å²) in [5.74, 6) is 6.38. The first-order valence-electron chi connectivity index (χ1n) is 2.93. The summed E-state index contributed by atoms with van der Waals surface area (Å²) >= 11 is 3.96. The molecule has 1 nitrogen and oxygen atoms in total. The molecule has 0 aliphatic rings. The lowest BCUT2D eigenvalue weighted by atomic mass is 10.3. The van der Waals surface area contributed by atoms with Crippen LogP contribution >= 0.6 is 12.6 Å².